The third kappa shape index (κ3) is 2.04. The second kappa shape index (κ2) is 4.74. The lowest BCUT2D eigenvalue weighted by Crippen LogP contribution is -2.16. The summed E-state index contributed by atoms with van der Waals surface area (Å²) in [7, 11) is 0. The minimum absolute atomic E-state index is 0.0926. The van der Waals surface area contributed by atoms with Gasteiger partial charge >= 0.3 is 0 Å². The van der Waals surface area contributed by atoms with Gasteiger partial charge in [-0.15, -0.1) is 0 Å². The molecule has 0 spiro atoms. The molecule has 1 aliphatic rings. The van der Waals surface area contributed by atoms with Crippen LogP contribution in [-0.2, 0) is 6.42 Å². The van der Waals surface area contributed by atoms with E-state index in [1.165, 1.54) is 16.3 Å². The van der Waals surface area contributed by atoms with Crippen LogP contribution >= 0.6 is 0 Å². The first-order valence-electron chi connectivity index (χ1n) is 6.90. The van der Waals surface area contributed by atoms with Crippen LogP contribution in [0.4, 0.5) is 0 Å². The summed E-state index contributed by atoms with van der Waals surface area (Å²) < 4.78 is 0. The van der Waals surface area contributed by atoms with Gasteiger partial charge in [0.15, 0.2) is 0 Å². The number of hydrogen-bond donors (Lipinski definition) is 1. The van der Waals surface area contributed by atoms with Gasteiger partial charge in [-0.05, 0) is 47.4 Å². The first kappa shape index (κ1) is 11.7. The summed E-state index contributed by atoms with van der Waals surface area (Å²) in [6, 6.07) is 15.1. The molecule has 1 heteroatoms. The third-order valence-corrected chi connectivity index (χ3v) is 4.55. The molecule has 0 bridgehead atoms. The highest BCUT2D eigenvalue weighted by Crippen LogP contribution is 2.35. The summed E-state index contributed by atoms with van der Waals surface area (Å²) in [6.07, 6.45) is 3.13. The van der Waals surface area contributed by atoms with E-state index in [0.717, 1.165) is 19.3 Å². The lowest BCUT2D eigenvalue weighted by molar-refractivity contribution is 0.127. The molecule has 0 radical (unpaired) electrons. The molecule has 3 rings (SSSR count). The standard InChI is InChI=1S/C17H20O/c1-12-14(9-10-17(12)18)11-15-7-4-6-13-5-2-3-8-16(13)15/h2-8,12,14,17-18H,9-11H2,1H3. The average Bonchev–Trinajstić information content (AvgIpc) is 2.71. The number of rotatable bonds is 2. The molecule has 94 valence electrons. The number of aliphatic hydroxyl groups excluding tert-OH is 1. The molecule has 0 aromatic heterocycles. The Kier molecular flexibility index (Phi) is 3.09. The van der Waals surface area contributed by atoms with Crippen molar-refractivity contribution in [1.82, 2.24) is 0 Å². The Morgan fingerprint density at radius 1 is 1.06 bits per heavy atom. The molecule has 1 fully saturated rings. The van der Waals surface area contributed by atoms with Gasteiger partial charge in [-0.3, -0.25) is 0 Å². The Bertz CT molecular complexity index is 541. The van der Waals surface area contributed by atoms with Crippen molar-refractivity contribution in [3.05, 3.63) is 48.0 Å². The number of fused-ring (bicyclic) bond motifs is 1. The fourth-order valence-corrected chi connectivity index (χ4v) is 3.27. The highest BCUT2D eigenvalue weighted by Gasteiger charge is 2.31. The van der Waals surface area contributed by atoms with E-state index in [9.17, 15) is 5.11 Å². The second-order valence-electron chi connectivity index (χ2n) is 5.61. The molecule has 0 saturated heterocycles. The summed E-state index contributed by atoms with van der Waals surface area (Å²) in [6.45, 7) is 2.19. The van der Waals surface area contributed by atoms with Gasteiger partial charge < -0.3 is 5.11 Å². The van der Waals surface area contributed by atoms with Gasteiger partial charge in [0.25, 0.3) is 0 Å². The first-order valence-corrected chi connectivity index (χ1v) is 6.90. The largest absolute Gasteiger partial charge is 0.393 e. The van der Waals surface area contributed by atoms with Crippen LogP contribution in [0.3, 0.4) is 0 Å². The summed E-state index contributed by atoms with van der Waals surface area (Å²) in [5, 5.41) is 12.5. The molecule has 0 aliphatic heterocycles. The Hall–Kier alpha value is -1.34. The molecular formula is C17H20O. The third-order valence-electron chi connectivity index (χ3n) is 4.55. The van der Waals surface area contributed by atoms with Gasteiger partial charge in [0.1, 0.15) is 0 Å². The van der Waals surface area contributed by atoms with Gasteiger partial charge in [-0.1, -0.05) is 49.4 Å². The van der Waals surface area contributed by atoms with E-state index in [2.05, 4.69) is 49.4 Å². The fraction of sp³-hybridized carbons (Fsp3) is 0.412. The van der Waals surface area contributed by atoms with Gasteiger partial charge in [-0.25, -0.2) is 0 Å². The first-order chi connectivity index (χ1) is 8.75. The van der Waals surface area contributed by atoms with Crippen LogP contribution in [0.2, 0.25) is 0 Å². The minimum Gasteiger partial charge on any atom is -0.393 e. The second-order valence-corrected chi connectivity index (χ2v) is 5.61. The molecule has 18 heavy (non-hydrogen) atoms. The van der Waals surface area contributed by atoms with E-state index in [0.29, 0.717) is 11.8 Å². The van der Waals surface area contributed by atoms with Gasteiger partial charge in [0.05, 0.1) is 6.10 Å². The lowest BCUT2D eigenvalue weighted by atomic mass is 9.88. The highest BCUT2D eigenvalue weighted by atomic mass is 16.3. The van der Waals surface area contributed by atoms with E-state index >= 15 is 0 Å². The van der Waals surface area contributed by atoms with Gasteiger partial charge in [-0.2, -0.15) is 0 Å². The predicted molar refractivity (Wildman–Crippen MR) is 75.5 cm³/mol. The maximum absolute atomic E-state index is 9.86. The summed E-state index contributed by atoms with van der Waals surface area (Å²) >= 11 is 0. The zero-order valence-electron chi connectivity index (χ0n) is 10.8. The molecule has 0 heterocycles. The maximum Gasteiger partial charge on any atom is 0.0568 e. The maximum atomic E-state index is 9.86. The van der Waals surface area contributed by atoms with Crippen molar-refractivity contribution in [2.45, 2.75) is 32.3 Å². The van der Waals surface area contributed by atoms with Crippen LogP contribution in [-0.4, -0.2) is 11.2 Å². The molecule has 1 nitrogen and oxygen atoms in total. The van der Waals surface area contributed by atoms with Crippen molar-refractivity contribution in [3.8, 4) is 0 Å². The summed E-state index contributed by atoms with van der Waals surface area (Å²) in [5.74, 6) is 1.06. The average molecular weight is 240 g/mol. The Labute approximate surface area is 108 Å². The van der Waals surface area contributed by atoms with Crippen molar-refractivity contribution < 1.29 is 5.11 Å². The zero-order chi connectivity index (χ0) is 12.5. The number of hydrogen-bond acceptors (Lipinski definition) is 1. The predicted octanol–water partition coefficient (Wildman–Crippen LogP) is 3.79. The molecule has 0 amide bonds. The van der Waals surface area contributed by atoms with Crippen LogP contribution < -0.4 is 0 Å². The van der Waals surface area contributed by atoms with Crippen molar-refractivity contribution in [3.63, 3.8) is 0 Å². The quantitative estimate of drug-likeness (QED) is 0.846. The van der Waals surface area contributed by atoms with Crippen LogP contribution in [0.15, 0.2) is 42.5 Å². The lowest BCUT2D eigenvalue weighted by Gasteiger charge is -2.18. The van der Waals surface area contributed by atoms with Crippen molar-refractivity contribution in [2.24, 2.45) is 11.8 Å². The smallest absolute Gasteiger partial charge is 0.0568 e. The van der Waals surface area contributed by atoms with E-state index < -0.39 is 0 Å². The Morgan fingerprint density at radius 2 is 1.83 bits per heavy atom. The minimum atomic E-state index is -0.0926. The zero-order valence-corrected chi connectivity index (χ0v) is 10.8. The van der Waals surface area contributed by atoms with E-state index in [1.807, 2.05) is 0 Å². The summed E-state index contributed by atoms with van der Waals surface area (Å²) in [5.41, 5.74) is 1.43. The summed E-state index contributed by atoms with van der Waals surface area (Å²) in [4.78, 5) is 0. The molecule has 1 N–H and O–H groups in total. The SMILES string of the molecule is CC1C(O)CCC1Cc1cccc2ccccc12. The van der Waals surface area contributed by atoms with Crippen LogP contribution in [0.5, 0.6) is 0 Å². The highest BCUT2D eigenvalue weighted by molar-refractivity contribution is 5.85. The van der Waals surface area contributed by atoms with Crippen LogP contribution in [0.1, 0.15) is 25.3 Å². The number of aliphatic hydroxyl groups is 1. The monoisotopic (exact) mass is 240 g/mol. The van der Waals surface area contributed by atoms with Crippen molar-refractivity contribution in [2.75, 3.05) is 0 Å². The molecule has 3 unspecified atom stereocenters. The molecular weight excluding hydrogens is 220 g/mol. The van der Waals surface area contributed by atoms with Gasteiger partial charge in [0, 0.05) is 0 Å². The molecule has 2 aromatic rings. The molecule has 2 aromatic carbocycles. The Morgan fingerprint density at radius 3 is 2.61 bits per heavy atom. The van der Waals surface area contributed by atoms with Gasteiger partial charge in [0.2, 0.25) is 0 Å². The van der Waals surface area contributed by atoms with E-state index in [-0.39, 0.29) is 6.10 Å². The van der Waals surface area contributed by atoms with Crippen molar-refractivity contribution >= 4 is 10.8 Å². The fourth-order valence-electron chi connectivity index (χ4n) is 3.27. The normalized spacial score (nSPS) is 27.8. The Balaban J connectivity index is 1.91. The molecule has 1 aliphatic carbocycles. The molecule has 3 atom stereocenters. The van der Waals surface area contributed by atoms with E-state index in [1.54, 1.807) is 0 Å². The number of benzene rings is 2. The van der Waals surface area contributed by atoms with E-state index in [4.69, 9.17) is 0 Å². The topological polar surface area (TPSA) is 20.2 Å². The van der Waals surface area contributed by atoms with Crippen LogP contribution in [0.25, 0.3) is 10.8 Å². The molecule has 1 saturated carbocycles. The van der Waals surface area contributed by atoms with Crippen molar-refractivity contribution in [1.29, 1.82) is 0 Å². The van der Waals surface area contributed by atoms with Crippen LogP contribution in [0, 0.1) is 11.8 Å².